The summed E-state index contributed by atoms with van der Waals surface area (Å²) in [6.45, 7) is 4.56. The standard InChI is InChI=1S/C24H27N3O3/c1-3-19-9-7-8-14-26(19)23(28)16-30-24(29)18-12-13-22-21(15-18)25-17(2)27(22)20-10-5-4-6-11-20/h4-6,10-13,15,19H,3,7-9,14,16H2,1-2H3. The van der Waals surface area contributed by atoms with Gasteiger partial charge in [0.15, 0.2) is 6.61 Å². The third-order valence-electron chi connectivity index (χ3n) is 5.82. The van der Waals surface area contributed by atoms with Gasteiger partial charge in [-0.15, -0.1) is 0 Å². The number of fused-ring (bicyclic) bond motifs is 1. The lowest BCUT2D eigenvalue weighted by molar-refractivity contribution is -0.138. The second-order valence-corrected chi connectivity index (χ2v) is 7.75. The molecule has 0 saturated carbocycles. The minimum absolute atomic E-state index is 0.111. The van der Waals surface area contributed by atoms with E-state index >= 15 is 0 Å². The molecule has 1 aromatic heterocycles. The zero-order valence-electron chi connectivity index (χ0n) is 17.5. The number of benzene rings is 2. The van der Waals surface area contributed by atoms with Crippen molar-refractivity contribution in [1.82, 2.24) is 14.5 Å². The van der Waals surface area contributed by atoms with Gasteiger partial charge in [-0.3, -0.25) is 9.36 Å². The minimum Gasteiger partial charge on any atom is -0.452 e. The van der Waals surface area contributed by atoms with Gasteiger partial charge in [0.05, 0.1) is 16.6 Å². The number of carbonyl (C=O) groups is 2. The third-order valence-corrected chi connectivity index (χ3v) is 5.82. The van der Waals surface area contributed by atoms with Gasteiger partial charge in [0, 0.05) is 18.3 Å². The van der Waals surface area contributed by atoms with Crippen molar-refractivity contribution >= 4 is 22.9 Å². The van der Waals surface area contributed by atoms with E-state index < -0.39 is 5.97 Å². The quantitative estimate of drug-likeness (QED) is 0.594. The van der Waals surface area contributed by atoms with Crippen molar-refractivity contribution in [3.8, 4) is 5.69 Å². The molecule has 2 aromatic carbocycles. The van der Waals surface area contributed by atoms with Crippen LogP contribution < -0.4 is 0 Å². The molecule has 3 aromatic rings. The highest BCUT2D eigenvalue weighted by atomic mass is 16.5. The van der Waals surface area contributed by atoms with E-state index in [-0.39, 0.29) is 18.6 Å². The van der Waals surface area contributed by atoms with Crippen LogP contribution in [0.5, 0.6) is 0 Å². The SMILES string of the molecule is CCC1CCCCN1C(=O)COC(=O)c1ccc2c(c1)nc(C)n2-c1ccccc1. The largest absolute Gasteiger partial charge is 0.452 e. The summed E-state index contributed by atoms with van der Waals surface area (Å²) in [5.74, 6) is 0.231. The van der Waals surface area contributed by atoms with Gasteiger partial charge in [-0.25, -0.2) is 9.78 Å². The highest BCUT2D eigenvalue weighted by Gasteiger charge is 2.26. The molecular weight excluding hydrogens is 378 g/mol. The van der Waals surface area contributed by atoms with E-state index in [2.05, 4.69) is 16.5 Å². The van der Waals surface area contributed by atoms with E-state index in [0.29, 0.717) is 5.56 Å². The minimum atomic E-state index is -0.498. The number of imidazole rings is 1. The van der Waals surface area contributed by atoms with E-state index in [0.717, 1.165) is 54.8 Å². The zero-order chi connectivity index (χ0) is 21.1. The number of carbonyl (C=O) groups excluding carboxylic acids is 2. The van der Waals surface area contributed by atoms with Gasteiger partial charge in [-0.2, -0.15) is 0 Å². The van der Waals surface area contributed by atoms with Crippen molar-refractivity contribution < 1.29 is 14.3 Å². The number of amides is 1. The second-order valence-electron chi connectivity index (χ2n) is 7.75. The molecule has 0 aliphatic carbocycles. The molecule has 0 radical (unpaired) electrons. The molecule has 6 heteroatoms. The first-order valence-electron chi connectivity index (χ1n) is 10.6. The van der Waals surface area contributed by atoms with Gasteiger partial charge < -0.3 is 9.64 Å². The lowest BCUT2D eigenvalue weighted by atomic mass is 10.00. The Morgan fingerprint density at radius 1 is 1.13 bits per heavy atom. The van der Waals surface area contributed by atoms with E-state index in [9.17, 15) is 9.59 Å². The summed E-state index contributed by atoms with van der Waals surface area (Å²) in [5, 5.41) is 0. The van der Waals surface area contributed by atoms with Crippen LogP contribution in [0.4, 0.5) is 0 Å². The third kappa shape index (κ3) is 3.95. The van der Waals surface area contributed by atoms with Gasteiger partial charge in [-0.05, 0) is 62.9 Å². The first-order valence-corrected chi connectivity index (χ1v) is 10.6. The number of esters is 1. The van der Waals surface area contributed by atoms with Crippen LogP contribution in [0.25, 0.3) is 16.7 Å². The summed E-state index contributed by atoms with van der Waals surface area (Å²) in [5.41, 5.74) is 3.06. The van der Waals surface area contributed by atoms with Crippen LogP contribution in [0, 0.1) is 6.92 Å². The van der Waals surface area contributed by atoms with Crippen LogP contribution in [0.3, 0.4) is 0 Å². The fourth-order valence-corrected chi connectivity index (χ4v) is 4.28. The molecule has 0 spiro atoms. The second kappa shape index (κ2) is 8.69. The molecule has 1 saturated heterocycles. The Morgan fingerprint density at radius 2 is 1.93 bits per heavy atom. The Morgan fingerprint density at radius 3 is 2.70 bits per heavy atom. The van der Waals surface area contributed by atoms with E-state index in [1.807, 2.05) is 48.2 Å². The van der Waals surface area contributed by atoms with Gasteiger partial charge >= 0.3 is 5.97 Å². The molecule has 2 heterocycles. The fraction of sp³-hybridized carbons (Fsp3) is 0.375. The van der Waals surface area contributed by atoms with Gasteiger partial charge in [0.25, 0.3) is 5.91 Å². The van der Waals surface area contributed by atoms with Crippen molar-refractivity contribution in [3.05, 3.63) is 59.9 Å². The maximum atomic E-state index is 12.6. The normalized spacial score (nSPS) is 16.6. The molecule has 1 unspecified atom stereocenters. The Balaban J connectivity index is 1.48. The highest BCUT2D eigenvalue weighted by molar-refractivity contribution is 5.95. The van der Waals surface area contributed by atoms with Crippen LogP contribution in [0.15, 0.2) is 48.5 Å². The monoisotopic (exact) mass is 405 g/mol. The number of nitrogens with zero attached hydrogens (tertiary/aromatic N) is 3. The first kappa shape index (κ1) is 20.1. The maximum Gasteiger partial charge on any atom is 0.338 e. The number of rotatable bonds is 5. The number of aryl methyl sites for hydroxylation is 1. The maximum absolute atomic E-state index is 12.6. The average molecular weight is 405 g/mol. The van der Waals surface area contributed by atoms with Crippen molar-refractivity contribution in [1.29, 1.82) is 0 Å². The molecule has 1 fully saturated rings. The summed E-state index contributed by atoms with van der Waals surface area (Å²) in [6, 6.07) is 15.6. The van der Waals surface area contributed by atoms with Crippen LogP contribution in [0.1, 0.15) is 48.8 Å². The summed E-state index contributed by atoms with van der Waals surface area (Å²) in [4.78, 5) is 31.6. The smallest absolute Gasteiger partial charge is 0.338 e. The molecule has 1 atom stereocenters. The molecule has 6 nitrogen and oxygen atoms in total. The number of piperidine rings is 1. The van der Waals surface area contributed by atoms with Crippen molar-refractivity contribution in [3.63, 3.8) is 0 Å². The van der Waals surface area contributed by atoms with Crippen molar-refractivity contribution in [2.75, 3.05) is 13.2 Å². The first-order chi connectivity index (χ1) is 14.6. The molecule has 0 N–H and O–H groups in total. The molecule has 30 heavy (non-hydrogen) atoms. The predicted molar refractivity (Wildman–Crippen MR) is 116 cm³/mol. The molecule has 1 aliphatic heterocycles. The van der Waals surface area contributed by atoms with Crippen LogP contribution >= 0.6 is 0 Å². The van der Waals surface area contributed by atoms with E-state index in [1.54, 1.807) is 12.1 Å². The lowest BCUT2D eigenvalue weighted by Crippen LogP contribution is -2.45. The number of likely N-dealkylation sites (tertiary alicyclic amines) is 1. The number of ether oxygens (including phenoxy) is 1. The molecule has 0 bridgehead atoms. The Bertz CT molecular complexity index is 1060. The summed E-state index contributed by atoms with van der Waals surface area (Å²) in [7, 11) is 0. The van der Waals surface area contributed by atoms with E-state index in [1.165, 1.54) is 0 Å². The molecule has 156 valence electrons. The van der Waals surface area contributed by atoms with E-state index in [4.69, 9.17) is 4.74 Å². The van der Waals surface area contributed by atoms with Gasteiger partial charge in [0.2, 0.25) is 0 Å². The molecule has 4 rings (SSSR count). The zero-order valence-corrected chi connectivity index (χ0v) is 17.5. The van der Waals surface area contributed by atoms with Crippen LogP contribution in [-0.4, -0.2) is 45.5 Å². The number of aromatic nitrogens is 2. The summed E-state index contributed by atoms with van der Waals surface area (Å²) in [6.07, 6.45) is 4.11. The Hall–Kier alpha value is -3.15. The lowest BCUT2D eigenvalue weighted by Gasteiger charge is -2.35. The van der Waals surface area contributed by atoms with Crippen LogP contribution in [-0.2, 0) is 9.53 Å². The summed E-state index contributed by atoms with van der Waals surface area (Å²) >= 11 is 0. The average Bonchev–Trinajstić information content (AvgIpc) is 3.12. The molecule has 1 aliphatic rings. The fourth-order valence-electron chi connectivity index (χ4n) is 4.28. The number of hydrogen-bond acceptors (Lipinski definition) is 4. The highest BCUT2D eigenvalue weighted by Crippen LogP contribution is 2.23. The summed E-state index contributed by atoms with van der Waals surface area (Å²) < 4.78 is 7.39. The van der Waals surface area contributed by atoms with Gasteiger partial charge in [0.1, 0.15) is 5.82 Å². The Kier molecular flexibility index (Phi) is 5.84. The van der Waals surface area contributed by atoms with Gasteiger partial charge in [-0.1, -0.05) is 25.1 Å². The molecule has 1 amide bonds. The van der Waals surface area contributed by atoms with Crippen molar-refractivity contribution in [2.45, 2.75) is 45.6 Å². The Labute approximate surface area is 176 Å². The number of para-hydroxylation sites is 1. The van der Waals surface area contributed by atoms with Crippen LogP contribution in [0.2, 0.25) is 0 Å². The van der Waals surface area contributed by atoms with Crippen molar-refractivity contribution in [2.24, 2.45) is 0 Å². The topological polar surface area (TPSA) is 64.4 Å². The predicted octanol–water partition coefficient (Wildman–Crippen LogP) is 4.28. The number of hydrogen-bond donors (Lipinski definition) is 0. The molecular formula is C24H27N3O3.